The number of likely N-dealkylation sites (N-methyl/N-ethyl adjacent to an activating group) is 1. The number of hydrogen-bond donors (Lipinski definition) is 1. The minimum atomic E-state index is -0.135. The predicted molar refractivity (Wildman–Crippen MR) is 74.6 cm³/mol. The van der Waals surface area contributed by atoms with Crippen LogP contribution in [-0.2, 0) is 19.9 Å². The first kappa shape index (κ1) is 13.7. The van der Waals surface area contributed by atoms with Crippen LogP contribution in [0.15, 0.2) is 30.3 Å². The summed E-state index contributed by atoms with van der Waals surface area (Å²) in [7, 11) is 3.85. The molecule has 1 aromatic carbocycles. The zero-order valence-corrected chi connectivity index (χ0v) is 11.7. The average molecular weight is 261 g/mol. The van der Waals surface area contributed by atoms with E-state index in [1.54, 1.807) is 6.07 Å². The van der Waals surface area contributed by atoms with Crippen LogP contribution in [0.4, 0.5) is 4.39 Å². The highest BCUT2D eigenvalue weighted by Gasteiger charge is 2.13. The Balaban J connectivity index is 2.09. The highest BCUT2D eigenvalue weighted by Crippen LogP contribution is 2.12. The molecule has 4 heteroatoms. The zero-order valence-electron chi connectivity index (χ0n) is 11.7. The van der Waals surface area contributed by atoms with Crippen molar-refractivity contribution in [3.05, 3.63) is 53.1 Å². The summed E-state index contributed by atoms with van der Waals surface area (Å²) in [6, 6.07) is 9.22. The second kappa shape index (κ2) is 5.97. The lowest BCUT2D eigenvalue weighted by atomic mass is 10.0. The number of nitrogens with zero attached hydrogens (tertiary/aromatic N) is 2. The largest absolute Gasteiger partial charge is 0.316 e. The van der Waals surface area contributed by atoms with Gasteiger partial charge in [-0.2, -0.15) is 5.10 Å². The molecule has 102 valence electrons. The van der Waals surface area contributed by atoms with Gasteiger partial charge in [-0.05, 0) is 38.1 Å². The van der Waals surface area contributed by atoms with Gasteiger partial charge in [-0.25, -0.2) is 4.39 Å². The Morgan fingerprint density at radius 2 is 2.05 bits per heavy atom. The van der Waals surface area contributed by atoms with Crippen molar-refractivity contribution in [2.45, 2.75) is 25.8 Å². The molecule has 3 nitrogen and oxygen atoms in total. The normalized spacial score (nSPS) is 12.6. The fourth-order valence-electron chi connectivity index (χ4n) is 2.31. The molecular weight excluding hydrogens is 241 g/mol. The van der Waals surface area contributed by atoms with Crippen LogP contribution >= 0.6 is 0 Å². The van der Waals surface area contributed by atoms with E-state index in [0.717, 1.165) is 23.4 Å². The Morgan fingerprint density at radius 1 is 1.32 bits per heavy atom. The maximum Gasteiger partial charge on any atom is 0.126 e. The maximum atomic E-state index is 13.7. The molecule has 1 atom stereocenters. The van der Waals surface area contributed by atoms with Gasteiger partial charge in [-0.1, -0.05) is 18.2 Å². The van der Waals surface area contributed by atoms with Crippen LogP contribution in [0.25, 0.3) is 0 Å². The maximum absolute atomic E-state index is 13.7. The predicted octanol–water partition coefficient (Wildman–Crippen LogP) is 2.24. The number of halogens is 1. The molecular formula is C15H20FN3. The van der Waals surface area contributed by atoms with Crippen molar-refractivity contribution in [3.63, 3.8) is 0 Å². The van der Waals surface area contributed by atoms with Gasteiger partial charge in [0, 0.05) is 25.2 Å². The van der Waals surface area contributed by atoms with E-state index in [2.05, 4.69) is 16.5 Å². The SMILES string of the molecule is CNC(Cc1ccccc1F)Cc1cc(C)nn1C. The Labute approximate surface area is 113 Å². The standard InChI is InChI=1S/C15H20FN3/c1-11-8-14(19(3)18-11)10-13(17-2)9-12-6-4-5-7-15(12)16/h4-8,13,17H,9-10H2,1-3H3. The minimum absolute atomic E-state index is 0.135. The summed E-state index contributed by atoms with van der Waals surface area (Å²) in [5, 5.41) is 7.59. The van der Waals surface area contributed by atoms with Gasteiger partial charge >= 0.3 is 0 Å². The van der Waals surface area contributed by atoms with Crippen LogP contribution in [0.5, 0.6) is 0 Å². The lowest BCUT2D eigenvalue weighted by Crippen LogP contribution is -2.31. The van der Waals surface area contributed by atoms with E-state index in [0.29, 0.717) is 6.42 Å². The molecule has 2 aromatic rings. The van der Waals surface area contributed by atoms with Crippen LogP contribution in [0.2, 0.25) is 0 Å². The van der Waals surface area contributed by atoms with Crippen LogP contribution in [-0.4, -0.2) is 22.9 Å². The summed E-state index contributed by atoms with van der Waals surface area (Å²) in [5.41, 5.74) is 2.92. The first-order valence-electron chi connectivity index (χ1n) is 6.50. The van der Waals surface area contributed by atoms with Gasteiger partial charge in [-0.15, -0.1) is 0 Å². The van der Waals surface area contributed by atoms with Gasteiger partial charge in [0.15, 0.2) is 0 Å². The van der Waals surface area contributed by atoms with E-state index < -0.39 is 0 Å². The summed E-state index contributed by atoms with van der Waals surface area (Å²) in [4.78, 5) is 0. The molecule has 2 rings (SSSR count). The summed E-state index contributed by atoms with van der Waals surface area (Å²) in [6.07, 6.45) is 1.51. The third kappa shape index (κ3) is 3.41. The number of aromatic nitrogens is 2. The van der Waals surface area contributed by atoms with Crippen molar-refractivity contribution in [2.24, 2.45) is 7.05 Å². The lowest BCUT2D eigenvalue weighted by molar-refractivity contribution is 0.516. The van der Waals surface area contributed by atoms with Crippen LogP contribution in [0, 0.1) is 12.7 Å². The Kier molecular flexibility index (Phi) is 4.32. The number of hydrogen-bond acceptors (Lipinski definition) is 2. The van der Waals surface area contributed by atoms with Crippen molar-refractivity contribution >= 4 is 0 Å². The summed E-state index contributed by atoms with van der Waals surface area (Å²) in [6.45, 7) is 1.98. The van der Waals surface area contributed by atoms with Gasteiger partial charge in [0.05, 0.1) is 5.69 Å². The van der Waals surface area contributed by atoms with Crippen LogP contribution in [0.1, 0.15) is 17.0 Å². The van der Waals surface area contributed by atoms with Crippen molar-refractivity contribution in [1.29, 1.82) is 0 Å². The van der Waals surface area contributed by atoms with E-state index in [9.17, 15) is 4.39 Å². The van der Waals surface area contributed by atoms with E-state index >= 15 is 0 Å². The van der Waals surface area contributed by atoms with Crippen molar-refractivity contribution in [2.75, 3.05) is 7.05 Å². The molecule has 0 aliphatic heterocycles. The lowest BCUT2D eigenvalue weighted by Gasteiger charge is -2.16. The second-order valence-electron chi connectivity index (χ2n) is 4.89. The highest BCUT2D eigenvalue weighted by atomic mass is 19.1. The van der Waals surface area contributed by atoms with Crippen molar-refractivity contribution in [3.8, 4) is 0 Å². The number of rotatable bonds is 5. The fourth-order valence-corrected chi connectivity index (χ4v) is 2.31. The molecule has 0 saturated heterocycles. The topological polar surface area (TPSA) is 29.9 Å². The Bertz CT molecular complexity index is 548. The molecule has 1 N–H and O–H groups in total. The molecule has 1 unspecified atom stereocenters. The first-order valence-corrected chi connectivity index (χ1v) is 6.50. The summed E-state index contributed by atoms with van der Waals surface area (Å²) >= 11 is 0. The molecule has 0 fully saturated rings. The number of nitrogens with one attached hydrogen (secondary N) is 1. The monoisotopic (exact) mass is 261 g/mol. The average Bonchev–Trinajstić information content (AvgIpc) is 2.69. The van der Waals surface area contributed by atoms with Crippen LogP contribution in [0.3, 0.4) is 0 Å². The molecule has 0 saturated carbocycles. The van der Waals surface area contributed by atoms with E-state index in [4.69, 9.17) is 0 Å². The van der Waals surface area contributed by atoms with Crippen molar-refractivity contribution < 1.29 is 4.39 Å². The van der Waals surface area contributed by atoms with Gasteiger partial charge in [-0.3, -0.25) is 4.68 Å². The van der Waals surface area contributed by atoms with Gasteiger partial charge in [0.1, 0.15) is 5.82 Å². The molecule has 0 amide bonds. The third-order valence-electron chi connectivity index (χ3n) is 3.39. The Morgan fingerprint density at radius 3 is 2.63 bits per heavy atom. The van der Waals surface area contributed by atoms with E-state index in [-0.39, 0.29) is 11.9 Å². The third-order valence-corrected chi connectivity index (χ3v) is 3.39. The van der Waals surface area contributed by atoms with E-state index in [1.165, 1.54) is 6.07 Å². The molecule has 0 spiro atoms. The molecule has 1 aromatic heterocycles. The summed E-state index contributed by atoms with van der Waals surface area (Å²) in [5.74, 6) is -0.135. The van der Waals surface area contributed by atoms with Gasteiger partial charge in [0.2, 0.25) is 0 Å². The number of benzene rings is 1. The molecule has 19 heavy (non-hydrogen) atoms. The quantitative estimate of drug-likeness (QED) is 0.894. The Hall–Kier alpha value is -1.68. The van der Waals surface area contributed by atoms with Crippen LogP contribution < -0.4 is 5.32 Å². The van der Waals surface area contributed by atoms with Crippen molar-refractivity contribution in [1.82, 2.24) is 15.1 Å². The minimum Gasteiger partial charge on any atom is -0.316 e. The number of aryl methyl sites for hydroxylation is 2. The second-order valence-corrected chi connectivity index (χ2v) is 4.89. The molecule has 0 bridgehead atoms. The van der Waals surface area contributed by atoms with E-state index in [1.807, 2.05) is 37.8 Å². The molecule has 1 heterocycles. The van der Waals surface area contributed by atoms with Gasteiger partial charge < -0.3 is 5.32 Å². The summed E-state index contributed by atoms with van der Waals surface area (Å²) < 4.78 is 15.6. The first-order chi connectivity index (χ1) is 9.10. The fraction of sp³-hybridized carbons (Fsp3) is 0.400. The molecule has 0 radical (unpaired) electrons. The zero-order chi connectivity index (χ0) is 13.8. The molecule has 0 aliphatic carbocycles. The molecule has 0 aliphatic rings. The smallest absolute Gasteiger partial charge is 0.126 e. The highest BCUT2D eigenvalue weighted by molar-refractivity contribution is 5.19. The van der Waals surface area contributed by atoms with Gasteiger partial charge in [0.25, 0.3) is 0 Å².